The topological polar surface area (TPSA) is 58.1 Å². The fourth-order valence-electron chi connectivity index (χ4n) is 2.26. The zero-order valence-electron chi connectivity index (χ0n) is 10.3. The highest BCUT2D eigenvalue weighted by atomic mass is 16.2. The lowest BCUT2D eigenvalue weighted by Crippen LogP contribution is -2.35. The van der Waals surface area contributed by atoms with Gasteiger partial charge in [0.15, 0.2) is 0 Å². The van der Waals surface area contributed by atoms with Gasteiger partial charge in [-0.25, -0.2) is 4.98 Å². The quantitative estimate of drug-likeness (QED) is 0.861. The molecule has 1 aromatic rings. The van der Waals surface area contributed by atoms with Crippen LogP contribution in [0.3, 0.4) is 0 Å². The maximum atomic E-state index is 12.3. The van der Waals surface area contributed by atoms with Gasteiger partial charge in [0.25, 0.3) is 5.91 Å². The molecule has 0 radical (unpaired) electrons. The van der Waals surface area contributed by atoms with Crippen LogP contribution in [0.4, 0.5) is 5.82 Å². The Morgan fingerprint density at radius 1 is 1.59 bits per heavy atom. The number of likely N-dealkylation sites (tertiary alicyclic amines) is 1. The maximum absolute atomic E-state index is 12.3. The van der Waals surface area contributed by atoms with Crippen molar-refractivity contribution in [2.75, 3.05) is 18.9 Å². The molecule has 1 N–H and O–H groups in total. The third kappa shape index (κ3) is 2.38. The van der Waals surface area contributed by atoms with E-state index in [1.807, 2.05) is 4.90 Å². The molecule has 0 saturated carbocycles. The number of rotatable bonds is 3. The minimum absolute atomic E-state index is 0.000972. The van der Waals surface area contributed by atoms with E-state index in [4.69, 9.17) is 0 Å². The van der Waals surface area contributed by atoms with Gasteiger partial charge in [0, 0.05) is 19.6 Å². The van der Waals surface area contributed by atoms with Crippen LogP contribution in [0.15, 0.2) is 12.4 Å². The number of carbonyl (C=O) groups is 1. The van der Waals surface area contributed by atoms with Gasteiger partial charge in [-0.2, -0.15) is 0 Å². The van der Waals surface area contributed by atoms with Crippen molar-refractivity contribution in [3.63, 3.8) is 0 Å². The monoisotopic (exact) mass is 234 g/mol. The molecule has 1 fully saturated rings. The number of carbonyl (C=O) groups excluding carboxylic acids is 1. The van der Waals surface area contributed by atoms with Crippen molar-refractivity contribution >= 4 is 11.7 Å². The van der Waals surface area contributed by atoms with E-state index in [9.17, 15) is 4.79 Å². The van der Waals surface area contributed by atoms with E-state index in [1.54, 1.807) is 13.2 Å². The molecule has 92 valence electrons. The summed E-state index contributed by atoms with van der Waals surface area (Å²) in [5, 5.41) is 2.89. The Bertz CT molecular complexity index is 407. The van der Waals surface area contributed by atoms with Gasteiger partial charge in [0.05, 0.1) is 12.4 Å². The van der Waals surface area contributed by atoms with Crippen molar-refractivity contribution in [1.82, 2.24) is 14.9 Å². The van der Waals surface area contributed by atoms with E-state index in [1.165, 1.54) is 6.20 Å². The summed E-state index contributed by atoms with van der Waals surface area (Å²) in [5.74, 6) is 0.627. The Kier molecular flexibility index (Phi) is 3.56. The zero-order valence-corrected chi connectivity index (χ0v) is 10.3. The third-order valence-corrected chi connectivity index (χ3v) is 3.22. The van der Waals surface area contributed by atoms with Crippen LogP contribution >= 0.6 is 0 Å². The van der Waals surface area contributed by atoms with Crippen LogP contribution in [0.5, 0.6) is 0 Å². The molecule has 17 heavy (non-hydrogen) atoms. The molecule has 0 aromatic carbocycles. The second kappa shape index (κ2) is 5.12. The molecule has 1 aliphatic rings. The largest absolute Gasteiger partial charge is 0.372 e. The number of nitrogens with zero attached hydrogens (tertiary/aromatic N) is 3. The molecule has 1 atom stereocenters. The summed E-state index contributed by atoms with van der Waals surface area (Å²) in [6.07, 6.45) is 6.34. The smallest absolute Gasteiger partial charge is 0.274 e. The predicted octanol–water partition coefficient (Wildman–Crippen LogP) is 1.53. The first-order valence-electron chi connectivity index (χ1n) is 6.07. The number of hydrogen-bond acceptors (Lipinski definition) is 4. The number of amides is 1. The molecule has 2 rings (SSSR count). The lowest BCUT2D eigenvalue weighted by molar-refractivity contribution is 0.0727. The van der Waals surface area contributed by atoms with Gasteiger partial charge in [-0.3, -0.25) is 9.78 Å². The maximum Gasteiger partial charge on any atom is 0.274 e. The molecule has 1 saturated heterocycles. The van der Waals surface area contributed by atoms with Crippen molar-refractivity contribution in [3.05, 3.63) is 18.1 Å². The number of anilines is 1. The molecule has 1 aromatic heterocycles. The van der Waals surface area contributed by atoms with E-state index in [-0.39, 0.29) is 5.91 Å². The van der Waals surface area contributed by atoms with Crippen LogP contribution in [0, 0.1) is 0 Å². The van der Waals surface area contributed by atoms with Crippen molar-refractivity contribution in [2.24, 2.45) is 0 Å². The van der Waals surface area contributed by atoms with Gasteiger partial charge in [-0.15, -0.1) is 0 Å². The highest BCUT2D eigenvalue weighted by Gasteiger charge is 2.28. The molecule has 2 heterocycles. The van der Waals surface area contributed by atoms with Crippen molar-refractivity contribution in [3.8, 4) is 0 Å². The van der Waals surface area contributed by atoms with Gasteiger partial charge in [0.1, 0.15) is 11.5 Å². The lowest BCUT2D eigenvalue weighted by Gasteiger charge is -2.23. The highest BCUT2D eigenvalue weighted by molar-refractivity contribution is 5.92. The Labute approximate surface area is 101 Å². The Morgan fingerprint density at radius 2 is 2.41 bits per heavy atom. The molecule has 1 aliphatic heterocycles. The van der Waals surface area contributed by atoms with Gasteiger partial charge in [0.2, 0.25) is 0 Å². The number of aromatic nitrogens is 2. The molecule has 5 heteroatoms. The summed E-state index contributed by atoms with van der Waals surface area (Å²) in [7, 11) is 1.77. The molecular weight excluding hydrogens is 216 g/mol. The fourth-order valence-corrected chi connectivity index (χ4v) is 2.26. The summed E-state index contributed by atoms with van der Waals surface area (Å²) in [5.41, 5.74) is 0.428. The van der Waals surface area contributed by atoms with Gasteiger partial charge < -0.3 is 10.2 Å². The Balaban J connectivity index is 2.18. The van der Waals surface area contributed by atoms with E-state index in [0.29, 0.717) is 17.6 Å². The first kappa shape index (κ1) is 11.8. The molecule has 0 aliphatic carbocycles. The number of nitrogens with one attached hydrogen (secondary N) is 1. The lowest BCUT2D eigenvalue weighted by atomic mass is 10.1. The van der Waals surface area contributed by atoms with E-state index < -0.39 is 0 Å². The van der Waals surface area contributed by atoms with Gasteiger partial charge in [-0.05, 0) is 19.3 Å². The minimum Gasteiger partial charge on any atom is -0.372 e. The first-order chi connectivity index (χ1) is 8.26. The summed E-state index contributed by atoms with van der Waals surface area (Å²) in [4.78, 5) is 22.5. The summed E-state index contributed by atoms with van der Waals surface area (Å²) in [6, 6.07) is 0.363. The van der Waals surface area contributed by atoms with Crippen LogP contribution in [-0.2, 0) is 0 Å². The molecule has 0 bridgehead atoms. The van der Waals surface area contributed by atoms with Crippen LogP contribution in [0.25, 0.3) is 0 Å². The standard InChI is InChI=1S/C12H18N4O/c1-3-9-5-4-6-16(9)12(17)10-7-14-8-11(13-2)15-10/h7-9H,3-6H2,1-2H3,(H,13,15). The fraction of sp³-hybridized carbons (Fsp3) is 0.583. The molecule has 0 spiro atoms. The zero-order chi connectivity index (χ0) is 12.3. The Hall–Kier alpha value is -1.65. The third-order valence-electron chi connectivity index (χ3n) is 3.22. The summed E-state index contributed by atoms with van der Waals surface area (Å²) < 4.78 is 0. The first-order valence-corrected chi connectivity index (χ1v) is 6.07. The molecular formula is C12H18N4O. The summed E-state index contributed by atoms with van der Waals surface area (Å²) >= 11 is 0. The van der Waals surface area contributed by atoms with Crippen molar-refractivity contribution in [2.45, 2.75) is 32.2 Å². The second-order valence-electron chi connectivity index (χ2n) is 4.24. The van der Waals surface area contributed by atoms with Gasteiger partial charge >= 0.3 is 0 Å². The van der Waals surface area contributed by atoms with E-state index >= 15 is 0 Å². The van der Waals surface area contributed by atoms with Crippen LogP contribution < -0.4 is 5.32 Å². The predicted molar refractivity (Wildman–Crippen MR) is 65.9 cm³/mol. The average molecular weight is 234 g/mol. The van der Waals surface area contributed by atoms with E-state index in [0.717, 1.165) is 25.8 Å². The second-order valence-corrected chi connectivity index (χ2v) is 4.24. The minimum atomic E-state index is -0.000972. The van der Waals surface area contributed by atoms with E-state index in [2.05, 4.69) is 22.2 Å². The molecule has 1 amide bonds. The summed E-state index contributed by atoms with van der Waals surface area (Å²) in [6.45, 7) is 2.95. The van der Waals surface area contributed by atoms with Crippen molar-refractivity contribution < 1.29 is 4.79 Å². The normalized spacial score (nSPS) is 19.4. The molecule has 1 unspecified atom stereocenters. The Morgan fingerprint density at radius 3 is 3.12 bits per heavy atom. The van der Waals surface area contributed by atoms with Crippen LogP contribution in [-0.4, -0.2) is 40.4 Å². The number of hydrogen-bond donors (Lipinski definition) is 1. The highest BCUT2D eigenvalue weighted by Crippen LogP contribution is 2.21. The average Bonchev–Trinajstić information content (AvgIpc) is 2.86. The van der Waals surface area contributed by atoms with Crippen LogP contribution in [0.1, 0.15) is 36.7 Å². The molecule has 5 nitrogen and oxygen atoms in total. The van der Waals surface area contributed by atoms with Crippen molar-refractivity contribution in [1.29, 1.82) is 0 Å². The SMILES string of the molecule is CCC1CCCN1C(=O)c1cncc(NC)n1. The van der Waals surface area contributed by atoms with Crippen LogP contribution in [0.2, 0.25) is 0 Å². The van der Waals surface area contributed by atoms with Gasteiger partial charge in [-0.1, -0.05) is 6.92 Å².